The third-order valence-corrected chi connectivity index (χ3v) is 2.66. The second-order valence-electron chi connectivity index (χ2n) is 4.22. The fraction of sp³-hybridized carbons (Fsp3) is 1.00. The molecule has 0 rings (SSSR count). The fourth-order valence-corrected chi connectivity index (χ4v) is 1.66. The second-order valence-corrected chi connectivity index (χ2v) is 4.22. The van der Waals surface area contributed by atoms with Gasteiger partial charge in [-0.15, -0.1) is 37.2 Å². The predicted octanol–water partition coefficient (Wildman–Crippen LogP) is 3.01. The van der Waals surface area contributed by atoms with Gasteiger partial charge >= 0.3 is 0 Å². The predicted molar refractivity (Wildman–Crippen MR) is 94.8 cm³/mol. The van der Waals surface area contributed by atoms with Gasteiger partial charge in [-0.05, 0) is 65.0 Å². The molecule has 0 bridgehead atoms. The van der Waals surface area contributed by atoms with Gasteiger partial charge in [-0.3, -0.25) is 0 Å². The summed E-state index contributed by atoms with van der Waals surface area (Å²) in [5.41, 5.74) is 0. The Morgan fingerprint density at radius 1 is 0.474 bits per heavy atom. The number of rotatable bonds is 13. The molecule has 0 saturated heterocycles. The number of hydrogen-bond donors (Lipinski definition) is 3. The van der Waals surface area contributed by atoms with E-state index >= 15 is 0 Å². The van der Waals surface area contributed by atoms with E-state index in [9.17, 15) is 0 Å². The molecule has 0 aromatic heterocycles. The van der Waals surface area contributed by atoms with Crippen LogP contribution < -0.4 is 16.0 Å². The van der Waals surface area contributed by atoms with Crippen LogP contribution in [0.25, 0.3) is 0 Å². The zero-order valence-electron chi connectivity index (χ0n) is 12.5. The monoisotopic (exact) mass is 337 g/mol. The molecular weight excluding hydrogens is 305 g/mol. The molecule has 122 valence electrons. The lowest BCUT2D eigenvalue weighted by molar-refractivity contribution is 0.555. The number of nitrogens with one attached hydrogen (secondary N) is 3. The van der Waals surface area contributed by atoms with Crippen LogP contribution in [0.1, 0.15) is 46.0 Å². The standard InChI is InChI=1S/C13H31N3.3ClH/c1-3-14-10-6-5-7-12-16-13-9-8-11-15-4-2;;;/h14-16H,3-13H2,1-2H3;3*1H. The van der Waals surface area contributed by atoms with Crippen molar-refractivity contribution >= 4 is 37.2 Å². The van der Waals surface area contributed by atoms with Crippen LogP contribution in [0.4, 0.5) is 0 Å². The maximum absolute atomic E-state index is 3.51. The molecule has 0 atom stereocenters. The van der Waals surface area contributed by atoms with Crippen molar-refractivity contribution in [3.63, 3.8) is 0 Å². The Bertz CT molecular complexity index is 116. The SMILES string of the molecule is CCNCCCCCNCCCCNCC.Cl.Cl.Cl. The Kier molecular flexibility index (Phi) is 40.0. The van der Waals surface area contributed by atoms with E-state index in [1.807, 2.05) is 0 Å². The van der Waals surface area contributed by atoms with E-state index in [1.165, 1.54) is 58.3 Å². The second kappa shape index (κ2) is 27.2. The van der Waals surface area contributed by atoms with Crippen LogP contribution in [0.3, 0.4) is 0 Å². The van der Waals surface area contributed by atoms with Crippen molar-refractivity contribution in [3.05, 3.63) is 0 Å². The fourth-order valence-electron chi connectivity index (χ4n) is 1.66. The van der Waals surface area contributed by atoms with E-state index in [1.54, 1.807) is 0 Å². The van der Waals surface area contributed by atoms with Crippen LogP contribution in [0.2, 0.25) is 0 Å². The molecule has 0 aliphatic carbocycles. The van der Waals surface area contributed by atoms with Crippen molar-refractivity contribution in [2.24, 2.45) is 0 Å². The zero-order chi connectivity index (χ0) is 11.9. The Labute approximate surface area is 138 Å². The molecule has 19 heavy (non-hydrogen) atoms. The van der Waals surface area contributed by atoms with Crippen molar-refractivity contribution in [1.82, 2.24) is 16.0 Å². The lowest BCUT2D eigenvalue weighted by atomic mass is 10.2. The molecule has 0 aliphatic rings. The van der Waals surface area contributed by atoms with Gasteiger partial charge in [0.2, 0.25) is 0 Å². The third kappa shape index (κ3) is 27.8. The van der Waals surface area contributed by atoms with Crippen LogP contribution in [0.15, 0.2) is 0 Å². The maximum atomic E-state index is 3.51. The van der Waals surface area contributed by atoms with Crippen LogP contribution in [0.5, 0.6) is 0 Å². The largest absolute Gasteiger partial charge is 0.317 e. The molecule has 0 heterocycles. The van der Waals surface area contributed by atoms with Gasteiger partial charge in [0, 0.05) is 0 Å². The van der Waals surface area contributed by atoms with E-state index in [2.05, 4.69) is 29.8 Å². The third-order valence-electron chi connectivity index (χ3n) is 2.66. The van der Waals surface area contributed by atoms with Crippen LogP contribution in [-0.2, 0) is 0 Å². The molecule has 0 fully saturated rings. The van der Waals surface area contributed by atoms with Crippen LogP contribution in [0, 0.1) is 0 Å². The lowest BCUT2D eigenvalue weighted by Crippen LogP contribution is -2.20. The Morgan fingerprint density at radius 2 is 0.789 bits per heavy atom. The van der Waals surface area contributed by atoms with Crippen molar-refractivity contribution in [3.8, 4) is 0 Å². The Hall–Kier alpha value is 0.750. The number of unbranched alkanes of at least 4 members (excludes halogenated alkanes) is 3. The Morgan fingerprint density at radius 3 is 1.16 bits per heavy atom. The molecule has 3 N–H and O–H groups in total. The first kappa shape index (κ1) is 28.0. The molecule has 0 amide bonds. The summed E-state index contributed by atoms with van der Waals surface area (Å²) in [6.07, 6.45) is 6.57. The van der Waals surface area contributed by atoms with E-state index < -0.39 is 0 Å². The molecule has 0 spiro atoms. The smallest absolute Gasteiger partial charge is 0.00484 e. The average Bonchev–Trinajstić information content (AvgIpc) is 2.31. The summed E-state index contributed by atoms with van der Waals surface area (Å²) in [4.78, 5) is 0. The topological polar surface area (TPSA) is 36.1 Å². The van der Waals surface area contributed by atoms with Crippen molar-refractivity contribution in [2.45, 2.75) is 46.0 Å². The highest BCUT2D eigenvalue weighted by Crippen LogP contribution is 1.92. The van der Waals surface area contributed by atoms with E-state index in [0.29, 0.717) is 0 Å². The van der Waals surface area contributed by atoms with Gasteiger partial charge < -0.3 is 16.0 Å². The minimum absolute atomic E-state index is 0. The first-order valence-electron chi connectivity index (χ1n) is 7.04. The van der Waals surface area contributed by atoms with Crippen molar-refractivity contribution in [1.29, 1.82) is 0 Å². The van der Waals surface area contributed by atoms with Crippen molar-refractivity contribution < 1.29 is 0 Å². The zero-order valence-corrected chi connectivity index (χ0v) is 15.0. The van der Waals surface area contributed by atoms with E-state index in [4.69, 9.17) is 0 Å². The molecule has 0 saturated carbocycles. The first-order chi connectivity index (χ1) is 7.91. The van der Waals surface area contributed by atoms with E-state index in [-0.39, 0.29) is 37.2 Å². The summed E-state index contributed by atoms with van der Waals surface area (Å²) in [6.45, 7) is 11.2. The molecule has 6 heteroatoms. The number of halogens is 3. The van der Waals surface area contributed by atoms with Crippen LogP contribution >= 0.6 is 37.2 Å². The Balaban J connectivity index is -0.000000375. The molecule has 3 nitrogen and oxygen atoms in total. The van der Waals surface area contributed by atoms with Gasteiger partial charge in [-0.1, -0.05) is 20.3 Å². The highest BCUT2D eigenvalue weighted by molar-refractivity contribution is 5.86. The average molecular weight is 339 g/mol. The highest BCUT2D eigenvalue weighted by atomic mass is 35.5. The van der Waals surface area contributed by atoms with Gasteiger partial charge in [0.05, 0.1) is 0 Å². The maximum Gasteiger partial charge on any atom is -0.00484 e. The number of hydrogen-bond acceptors (Lipinski definition) is 3. The molecule has 0 aromatic carbocycles. The minimum Gasteiger partial charge on any atom is -0.317 e. The summed E-state index contributed by atoms with van der Waals surface area (Å²) in [5, 5.41) is 10.2. The molecule has 0 aromatic rings. The summed E-state index contributed by atoms with van der Waals surface area (Å²) >= 11 is 0. The quantitative estimate of drug-likeness (QED) is 0.452. The molecule has 0 unspecified atom stereocenters. The molecule has 0 aliphatic heterocycles. The summed E-state index contributed by atoms with van der Waals surface area (Å²) in [7, 11) is 0. The van der Waals surface area contributed by atoms with Gasteiger partial charge in [-0.2, -0.15) is 0 Å². The molecule has 0 radical (unpaired) electrons. The summed E-state index contributed by atoms with van der Waals surface area (Å²) < 4.78 is 0. The van der Waals surface area contributed by atoms with E-state index in [0.717, 1.165) is 13.1 Å². The molecular formula is C13H34Cl3N3. The van der Waals surface area contributed by atoms with Crippen LogP contribution in [-0.4, -0.2) is 39.3 Å². The first-order valence-corrected chi connectivity index (χ1v) is 7.04. The van der Waals surface area contributed by atoms with Gasteiger partial charge in [-0.25, -0.2) is 0 Å². The van der Waals surface area contributed by atoms with Gasteiger partial charge in [0.15, 0.2) is 0 Å². The highest BCUT2D eigenvalue weighted by Gasteiger charge is 1.90. The van der Waals surface area contributed by atoms with Crippen molar-refractivity contribution in [2.75, 3.05) is 39.3 Å². The lowest BCUT2D eigenvalue weighted by Gasteiger charge is -2.05. The minimum atomic E-state index is 0. The summed E-state index contributed by atoms with van der Waals surface area (Å²) in [5.74, 6) is 0. The normalized spacial score (nSPS) is 9.16. The summed E-state index contributed by atoms with van der Waals surface area (Å²) in [6, 6.07) is 0. The van der Waals surface area contributed by atoms with Gasteiger partial charge in [0.25, 0.3) is 0 Å². The van der Waals surface area contributed by atoms with Gasteiger partial charge in [0.1, 0.15) is 0 Å².